The lowest BCUT2D eigenvalue weighted by Gasteiger charge is -2.26. The van der Waals surface area contributed by atoms with Crippen molar-refractivity contribution in [3.8, 4) is 11.5 Å². The highest BCUT2D eigenvalue weighted by Gasteiger charge is 2.12. The van der Waals surface area contributed by atoms with Crippen LogP contribution in [0.5, 0.6) is 11.5 Å². The Hall–Kier alpha value is -1.82. The summed E-state index contributed by atoms with van der Waals surface area (Å²) in [5.41, 5.74) is 0. The van der Waals surface area contributed by atoms with Crippen LogP contribution in [0.4, 0.5) is 0 Å². The van der Waals surface area contributed by atoms with Gasteiger partial charge in [0.05, 0.1) is 0 Å². The second-order valence-corrected chi connectivity index (χ2v) is 10.0. The fraction of sp³-hybridized carbons (Fsp3) is 0.538. The molecule has 0 bridgehead atoms. The summed E-state index contributed by atoms with van der Waals surface area (Å²) in [6, 6.07) is 13.1. The van der Waals surface area contributed by atoms with Crippen LogP contribution in [0.25, 0.3) is 20.2 Å². The van der Waals surface area contributed by atoms with Crippen LogP contribution >= 0.6 is 11.3 Å². The van der Waals surface area contributed by atoms with E-state index in [0.717, 1.165) is 37.8 Å². The van der Waals surface area contributed by atoms with Crippen molar-refractivity contribution < 1.29 is 9.47 Å². The highest BCUT2D eigenvalue weighted by molar-refractivity contribution is 7.25. The molecular formula is C26H34N2O2S. The Kier molecular flexibility index (Phi) is 6.92. The van der Waals surface area contributed by atoms with E-state index in [2.05, 4.69) is 46.2 Å². The lowest BCUT2D eigenvalue weighted by molar-refractivity contribution is 0.183. The van der Waals surface area contributed by atoms with Crippen molar-refractivity contribution in [2.75, 3.05) is 52.5 Å². The zero-order chi connectivity index (χ0) is 20.9. The number of fused-ring (bicyclic) bond motifs is 3. The highest BCUT2D eigenvalue weighted by atomic mass is 32.1. The van der Waals surface area contributed by atoms with E-state index >= 15 is 0 Å². The number of benzene rings is 2. The topological polar surface area (TPSA) is 24.9 Å². The van der Waals surface area contributed by atoms with E-state index in [1.54, 1.807) is 0 Å². The maximum absolute atomic E-state index is 6.12. The van der Waals surface area contributed by atoms with Gasteiger partial charge < -0.3 is 9.47 Å². The van der Waals surface area contributed by atoms with Gasteiger partial charge in [0.2, 0.25) is 0 Å². The summed E-state index contributed by atoms with van der Waals surface area (Å²) in [4.78, 5) is 5.05. The van der Waals surface area contributed by atoms with Crippen LogP contribution in [-0.4, -0.2) is 62.3 Å². The van der Waals surface area contributed by atoms with Crippen molar-refractivity contribution in [3.05, 3.63) is 36.4 Å². The standard InChI is InChI=1S/C26H34N2O2S/c1-3-11-27(12-4-1)15-17-29-21-7-9-25-23(19-21)24-20-22(8-10-26(24)31-25)30-18-16-28-13-5-2-6-14-28/h7-10,19-20H,1-6,11-18H2. The molecule has 2 aliphatic rings. The van der Waals surface area contributed by atoms with Gasteiger partial charge in [-0.15, -0.1) is 11.3 Å². The Morgan fingerprint density at radius 3 is 1.52 bits per heavy atom. The first-order valence-corrected chi connectivity index (χ1v) is 12.8. The smallest absolute Gasteiger partial charge is 0.120 e. The van der Waals surface area contributed by atoms with Gasteiger partial charge in [0.1, 0.15) is 24.7 Å². The molecule has 0 amide bonds. The normalized spacial score (nSPS) is 18.6. The molecule has 2 fully saturated rings. The quantitative estimate of drug-likeness (QED) is 0.445. The van der Waals surface area contributed by atoms with E-state index in [1.807, 2.05) is 11.3 Å². The minimum absolute atomic E-state index is 0.762. The molecule has 0 unspecified atom stereocenters. The number of rotatable bonds is 8. The second kappa shape index (κ2) is 10.2. The third kappa shape index (κ3) is 5.33. The third-order valence-electron chi connectivity index (χ3n) is 6.66. The van der Waals surface area contributed by atoms with Gasteiger partial charge in [-0.05, 0) is 88.3 Å². The Balaban J connectivity index is 1.23. The Morgan fingerprint density at radius 1 is 0.613 bits per heavy atom. The third-order valence-corrected chi connectivity index (χ3v) is 7.81. The Labute approximate surface area is 189 Å². The van der Waals surface area contributed by atoms with Crippen molar-refractivity contribution in [2.45, 2.75) is 38.5 Å². The molecule has 2 aliphatic heterocycles. The van der Waals surface area contributed by atoms with Gasteiger partial charge in [0.25, 0.3) is 0 Å². The molecule has 0 saturated carbocycles. The molecule has 4 nitrogen and oxygen atoms in total. The molecule has 0 radical (unpaired) electrons. The first-order chi connectivity index (χ1) is 15.3. The number of ether oxygens (including phenoxy) is 2. The van der Waals surface area contributed by atoms with Gasteiger partial charge in [-0.3, -0.25) is 9.80 Å². The predicted octanol–water partition coefficient (Wildman–Crippen LogP) is 5.78. The van der Waals surface area contributed by atoms with Crippen molar-refractivity contribution >= 4 is 31.5 Å². The number of hydrogen-bond acceptors (Lipinski definition) is 5. The number of likely N-dealkylation sites (tertiary alicyclic amines) is 2. The molecule has 3 aromatic rings. The van der Waals surface area contributed by atoms with Crippen molar-refractivity contribution in [2.24, 2.45) is 0 Å². The first kappa shape index (κ1) is 21.0. The zero-order valence-corrected chi connectivity index (χ0v) is 19.3. The molecule has 5 heteroatoms. The minimum atomic E-state index is 0.762. The molecule has 166 valence electrons. The van der Waals surface area contributed by atoms with Crippen LogP contribution in [0.2, 0.25) is 0 Å². The fourth-order valence-electron chi connectivity index (χ4n) is 4.87. The Bertz CT molecular complexity index is 911. The molecule has 0 N–H and O–H groups in total. The molecule has 5 rings (SSSR count). The van der Waals surface area contributed by atoms with Gasteiger partial charge in [0, 0.05) is 33.3 Å². The van der Waals surface area contributed by atoms with E-state index < -0.39 is 0 Å². The summed E-state index contributed by atoms with van der Waals surface area (Å²) in [6.07, 6.45) is 8.07. The zero-order valence-electron chi connectivity index (χ0n) is 18.5. The van der Waals surface area contributed by atoms with E-state index in [4.69, 9.17) is 9.47 Å². The molecular weight excluding hydrogens is 404 g/mol. The number of hydrogen-bond donors (Lipinski definition) is 0. The van der Waals surface area contributed by atoms with Crippen LogP contribution < -0.4 is 9.47 Å². The van der Waals surface area contributed by atoms with Crippen LogP contribution in [-0.2, 0) is 0 Å². The van der Waals surface area contributed by atoms with E-state index in [1.165, 1.54) is 84.9 Å². The average molecular weight is 439 g/mol. The number of nitrogens with zero attached hydrogens (tertiary/aromatic N) is 2. The maximum atomic E-state index is 6.12. The fourth-order valence-corrected chi connectivity index (χ4v) is 5.93. The molecule has 0 spiro atoms. The molecule has 0 atom stereocenters. The van der Waals surface area contributed by atoms with Crippen LogP contribution in [0.3, 0.4) is 0 Å². The monoisotopic (exact) mass is 438 g/mol. The van der Waals surface area contributed by atoms with Crippen molar-refractivity contribution in [1.82, 2.24) is 9.80 Å². The van der Waals surface area contributed by atoms with E-state index in [9.17, 15) is 0 Å². The van der Waals surface area contributed by atoms with Crippen LogP contribution in [0.1, 0.15) is 38.5 Å². The summed E-state index contributed by atoms with van der Waals surface area (Å²) in [5, 5.41) is 2.55. The van der Waals surface area contributed by atoms with Gasteiger partial charge in [0.15, 0.2) is 0 Å². The highest BCUT2D eigenvalue weighted by Crippen LogP contribution is 2.37. The van der Waals surface area contributed by atoms with Crippen LogP contribution in [0, 0.1) is 0 Å². The molecule has 2 aromatic carbocycles. The lowest BCUT2D eigenvalue weighted by atomic mass is 10.1. The van der Waals surface area contributed by atoms with Crippen molar-refractivity contribution in [1.29, 1.82) is 0 Å². The molecule has 2 saturated heterocycles. The van der Waals surface area contributed by atoms with Crippen LogP contribution in [0.15, 0.2) is 36.4 Å². The minimum Gasteiger partial charge on any atom is -0.492 e. The first-order valence-electron chi connectivity index (χ1n) is 12.0. The summed E-state index contributed by atoms with van der Waals surface area (Å²) in [6.45, 7) is 8.46. The van der Waals surface area contributed by atoms with Gasteiger partial charge in [-0.25, -0.2) is 0 Å². The predicted molar refractivity (Wildman–Crippen MR) is 131 cm³/mol. The van der Waals surface area contributed by atoms with E-state index in [-0.39, 0.29) is 0 Å². The molecule has 31 heavy (non-hydrogen) atoms. The second-order valence-electron chi connectivity index (χ2n) is 8.92. The van der Waals surface area contributed by atoms with Crippen molar-refractivity contribution in [3.63, 3.8) is 0 Å². The Morgan fingerprint density at radius 2 is 1.06 bits per heavy atom. The summed E-state index contributed by atoms with van der Waals surface area (Å²) in [5.74, 6) is 1.95. The summed E-state index contributed by atoms with van der Waals surface area (Å²) < 4.78 is 14.9. The number of thiophene rings is 1. The summed E-state index contributed by atoms with van der Waals surface area (Å²) in [7, 11) is 0. The molecule has 1 aromatic heterocycles. The lowest BCUT2D eigenvalue weighted by Crippen LogP contribution is -2.33. The molecule has 0 aliphatic carbocycles. The van der Waals surface area contributed by atoms with Gasteiger partial charge in [-0.1, -0.05) is 12.8 Å². The molecule has 3 heterocycles. The SMILES string of the molecule is c1cc2sc3ccc(OCCN4CCCCC4)cc3c2cc1OCCN1CCCCC1. The maximum Gasteiger partial charge on any atom is 0.120 e. The average Bonchev–Trinajstić information content (AvgIpc) is 3.18. The van der Waals surface area contributed by atoms with Gasteiger partial charge in [-0.2, -0.15) is 0 Å². The number of piperidine rings is 2. The largest absolute Gasteiger partial charge is 0.492 e. The summed E-state index contributed by atoms with van der Waals surface area (Å²) >= 11 is 1.84. The van der Waals surface area contributed by atoms with E-state index in [0.29, 0.717) is 0 Å². The van der Waals surface area contributed by atoms with Gasteiger partial charge >= 0.3 is 0 Å².